The Morgan fingerprint density at radius 3 is 2.28 bits per heavy atom. The predicted molar refractivity (Wildman–Crippen MR) is 67.9 cm³/mol. The average Bonchev–Trinajstić information content (AvgIpc) is 2.28. The first kappa shape index (κ1) is 14.1. The molecule has 0 unspecified atom stereocenters. The summed E-state index contributed by atoms with van der Waals surface area (Å²) in [5, 5.41) is 13.3. The Kier molecular flexibility index (Phi) is 4.03. The van der Waals surface area contributed by atoms with Crippen LogP contribution >= 0.6 is 0 Å². The van der Waals surface area contributed by atoms with Crippen LogP contribution in [0.1, 0.15) is 26.3 Å². The molecule has 0 spiro atoms. The molecule has 6 nitrogen and oxygen atoms in total. The summed E-state index contributed by atoms with van der Waals surface area (Å²) in [5.74, 6) is -0.265. The van der Waals surface area contributed by atoms with Gasteiger partial charge in [-0.15, -0.1) is 0 Å². The van der Waals surface area contributed by atoms with Crippen LogP contribution in [0.25, 0.3) is 0 Å². The van der Waals surface area contributed by atoms with Crippen molar-refractivity contribution in [2.45, 2.75) is 32.4 Å². The third-order valence-corrected chi connectivity index (χ3v) is 2.65. The van der Waals surface area contributed by atoms with Gasteiger partial charge in [0, 0.05) is 12.1 Å². The van der Waals surface area contributed by atoms with E-state index in [0.717, 1.165) is 5.56 Å². The summed E-state index contributed by atoms with van der Waals surface area (Å²) >= 11 is 0. The van der Waals surface area contributed by atoms with E-state index in [1.807, 2.05) is 13.8 Å². The molecular formula is C12H17N3O3. The first-order chi connectivity index (χ1) is 8.24. The summed E-state index contributed by atoms with van der Waals surface area (Å²) < 4.78 is 0. The second-order valence-corrected chi connectivity index (χ2v) is 4.71. The quantitative estimate of drug-likeness (QED) is 0.622. The number of carbonyl (C=O) groups is 1. The van der Waals surface area contributed by atoms with Crippen molar-refractivity contribution in [2.24, 2.45) is 5.73 Å². The van der Waals surface area contributed by atoms with Crippen LogP contribution in [0.4, 0.5) is 5.69 Å². The molecule has 0 radical (unpaired) electrons. The highest BCUT2D eigenvalue weighted by atomic mass is 16.6. The lowest BCUT2D eigenvalue weighted by atomic mass is 9.93. The lowest BCUT2D eigenvalue weighted by Gasteiger charge is -2.27. The molecule has 1 amide bonds. The molecular weight excluding hydrogens is 234 g/mol. The van der Waals surface area contributed by atoms with E-state index in [9.17, 15) is 14.9 Å². The SMILES string of the molecule is C[C@H](N)C(=O)NC(C)(C)c1ccc([N+](=O)[O-])cc1. The van der Waals surface area contributed by atoms with Crippen molar-refractivity contribution in [1.29, 1.82) is 0 Å². The summed E-state index contributed by atoms with van der Waals surface area (Å²) in [5.41, 5.74) is 5.66. The van der Waals surface area contributed by atoms with Gasteiger partial charge in [0.1, 0.15) is 0 Å². The average molecular weight is 251 g/mol. The maximum Gasteiger partial charge on any atom is 0.269 e. The Morgan fingerprint density at radius 1 is 1.39 bits per heavy atom. The van der Waals surface area contributed by atoms with Gasteiger partial charge in [-0.25, -0.2) is 0 Å². The number of nitrogens with one attached hydrogen (secondary N) is 1. The fraction of sp³-hybridized carbons (Fsp3) is 0.417. The van der Waals surface area contributed by atoms with Gasteiger partial charge in [-0.2, -0.15) is 0 Å². The minimum Gasteiger partial charge on any atom is -0.346 e. The second kappa shape index (κ2) is 5.14. The van der Waals surface area contributed by atoms with Crippen LogP contribution in [0, 0.1) is 10.1 Å². The number of nitro benzene ring substituents is 1. The molecule has 1 rings (SSSR count). The smallest absolute Gasteiger partial charge is 0.269 e. The molecule has 3 N–H and O–H groups in total. The van der Waals surface area contributed by atoms with Gasteiger partial charge >= 0.3 is 0 Å². The van der Waals surface area contributed by atoms with Crippen molar-refractivity contribution in [1.82, 2.24) is 5.32 Å². The van der Waals surface area contributed by atoms with Crippen LogP contribution in [-0.4, -0.2) is 16.9 Å². The van der Waals surface area contributed by atoms with Gasteiger partial charge in [0.15, 0.2) is 0 Å². The van der Waals surface area contributed by atoms with E-state index in [0.29, 0.717) is 0 Å². The Morgan fingerprint density at radius 2 is 1.89 bits per heavy atom. The van der Waals surface area contributed by atoms with Crippen molar-refractivity contribution in [3.63, 3.8) is 0 Å². The zero-order valence-electron chi connectivity index (χ0n) is 10.6. The van der Waals surface area contributed by atoms with Gasteiger partial charge in [-0.1, -0.05) is 0 Å². The highest BCUT2D eigenvalue weighted by Gasteiger charge is 2.24. The minimum atomic E-state index is -0.625. The molecule has 1 aromatic carbocycles. The summed E-state index contributed by atoms with van der Waals surface area (Å²) in [7, 11) is 0. The van der Waals surface area contributed by atoms with E-state index >= 15 is 0 Å². The van der Waals surface area contributed by atoms with E-state index in [1.165, 1.54) is 12.1 Å². The molecule has 0 aliphatic rings. The standard InChI is InChI=1S/C12H17N3O3/c1-8(13)11(16)14-12(2,3)9-4-6-10(7-5-9)15(17)18/h4-8H,13H2,1-3H3,(H,14,16)/t8-/m0/s1. The van der Waals surface area contributed by atoms with Crippen LogP contribution < -0.4 is 11.1 Å². The number of amides is 1. The van der Waals surface area contributed by atoms with Crippen LogP contribution in [0.5, 0.6) is 0 Å². The number of nitrogens with zero attached hydrogens (tertiary/aromatic N) is 1. The van der Waals surface area contributed by atoms with Crippen LogP contribution in [-0.2, 0) is 10.3 Å². The van der Waals surface area contributed by atoms with Gasteiger partial charge in [0.2, 0.25) is 5.91 Å². The number of nitrogens with two attached hydrogens (primary N) is 1. The Balaban J connectivity index is 2.91. The largest absolute Gasteiger partial charge is 0.346 e. The van der Waals surface area contributed by atoms with E-state index in [4.69, 9.17) is 5.73 Å². The molecule has 0 aliphatic carbocycles. The maximum atomic E-state index is 11.6. The molecule has 18 heavy (non-hydrogen) atoms. The molecule has 0 fully saturated rings. The van der Waals surface area contributed by atoms with Gasteiger partial charge < -0.3 is 11.1 Å². The first-order valence-electron chi connectivity index (χ1n) is 5.56. The Labute approximate surface area is 105 Å². The number of hydrogen-bond donors (Lipinski definition) is 2. The number of non-ortho nitro benzene ring substituents is 1. The maximum absolute atomic E-state index is 11.6. The second-order valence-electron chi connectivity index (χ2n) is 4.71. The molecule has 0 heterocycles. The van der Waals surface area contributed by atoms with E-state index in [-0.39, 0.29) is 11.6 Å². The fourth-order valence-corrected chi connectivity index (χ4v) is 1.49. The molecule has 0 aromatic heterocycles. The van der Waals surface area contributed by atoms with Gasteiger partial charge in [0.25, 0.3) is 5.69 Å². The van der Waals surface area contributed by atoms with Crippen molar-refractivity contribution in [3.05, 3.63) is 39.9 Å². The molecule has 0 aliphatic heterocycles. The molecule has 0 bridgehead atoms. The van der Waals surface area contributed by atoms with Crippen LogP contribution in [0.15, 0.2) is 24.3 Å². The van der Waals surface area contributed by atoms with E-state index in [2.05, 4.69) is 5.32 Å². The highest BCUT2D eigenvalue weighted by molar-refractivity contribution is 5.81. The third kappa shape index (κ3) is 3.27. The van der Waals surface area contributed by atoms with Gasteiger partial charge in [0.05, 0.1) is 16.5 Å². The summed E-state index contributed by atoms with van der Waals surface area (Å²) in [6.45, 7) is 5.23. The van der Waals surface area contributed by atoms with Gasteiger partial charge in [-0.05, 0) is 38.5 Å². The summed E-state index contributed by atoms with van der Waals surface area (Å²) in [6.07, 6.45) is 0. The first-order valence-corrected chi connectivity index (χ1v) is 5.56. The molecule has 0 saturated heterocycles. The molecule has 1 aromatic rings. The number of benzene rings is 1. The Hall–Kier alpha value is -1.95. The van der Waals surface area contributed by atoms with E-state index < -0.39 is 16.5 Å². The lowest BCUT2D eigenvalue weighted by Crippen LogP contribution is -2.47. The van der Waals surface area contributed by atoms with Crippen molar-refractivity contribution >= 4 is 11.6 Å². The number of rotatable bonds is 4. The van der Waals surface area contributed by atoms with Crippen molar-refractivity contribution in [3.8, 4) is 0 Å². The minimum absolute atomic E-state index is 0.0214. The third-order valence-electron chi connectivity index (χ3n) is 2.65. The lowest BCUT2D eigenvalue weighted by molar-refractivity contribution is -0.384. The molecule has 6 heteroatoms. The van der Waals surface area contributed by atoms with Crippen molar-refractivity contribution in [2.75, 3.05) is 0 Å². The number of carbonyl (C=O) groups excluding carboxylic acids is 1. The highest BCUT2D eigenvalue weighted by Crippen LogP contribution is 2.22. The molecule has 1 atom stereocenters. The zero-order chi connectivity index (χ0) is 13.9. The van der Waals surface area contributed by atoms with Crippen LogP contribution in [0.2, 0.25) is 0 Å². The van der Waals surface area contributed by atoms with E-state index in [1.54, 1.807) is 19.1 Å². The fourth-order valence-electron chi connectivity index (χ4n) is 1.49. The monoisotopic (exact) mass is 251 g/mol. The summed E-state index contributed by atoms with van der Waals surface area (Å²) in [6, 6.07) is 5.48. The topological polar surface area (TPSA) is 98.3 Å². The summed E-state index contributed by atoms with van der Waals surface area (Å²) in [4.78, 5) is 21.6. The Bertz CT molecular complexity index is 452. The predicted octanol–water partition coefficient (Wildman–Crippen LogP) is 1.29. The number of nitro groups is 1. The molecule has 0 saturated carbocycles. The molecule has 98 valence electrons. The van der Waals surface area contributed by atoms with Gasteiger partial charge in [-0.3, -0.25) is 14.9 Å². The van der Waals surface area contributed by atoms with Crippen LogP contribution in [0.3, 0.4) is 0 Å². The number of hydrogen-bond acceptors (Lipinski definition) is 4. The normalized spacial score (nSPS) is 12.9. The zero-order valence-corrected chi connectivity index (χ0v) is 10.6. The van der Waals surface area contributed by atoms with Crippen molar-refractivity contribution < 1.29 is 9.72 Å².